The van der Waals surface area contributed by atoms with Crippen molar-refractivity contribution in [3.63, 3.8) is 0 Å². The Morgan fingerprint density at radius 2 is 2.00 bits per heavy atom. The van der Waals surface area contributed by atoms with E-state index in [1.165, 1.54) is 12.8 Å². The summed E-state index contributed by atoms with van der Waals surface area (Å²) in [5.74, 6) is 1.05. The molecule has 0 bridgehead atoms. The molecule has 52 valence electrons. The van der Waals surface area contributed by atoms with E-state index < -0.39 is 0 Å². The third-order valence-electron chi connectivity index (χ3n) is 3.36. The van der Waals surface area contributed by atoms with Gasteiger partial charge in [0, 0.05) is 0 Å². The van der Waals surface area contributed by atoms with Crippen LogP contribution in [0.1, 0.15) is 45.4 Å². The summed E-state index contributed by atoms with van der Waals surface area (Å²) < 4.78 is 0. The molecule has 0 heterocycles. The van der Waals surface area contributed by atoms with E-state index in [9.17, 15) is 0 Å². The molecule has 0 nitrogen and oxygen atoms in total. The monoisotopic (exact) mass is 124 g/mol. The van der Waals surface area contributed by atoms with Crippen LogP contribution in [0.25, 0.3) is 0 Å². The molecule has 0 aliphatic heterocycles. The van der Waals surface area contributed by atoms with E-state index in [0.29, 0.717) is 0 Å². The molecule has 2 saturated carbocycles. The van der Waals surface area contributed by atoms with Crippen LogP contribution >= 0.6 is 0 Å². The van der Waals surface area contributed by atoms with E-state index in [0.717, 1.165) is 11.3 Å². The molecule has 9 heavy (non-hydrogen) atoms. The van der Waals surface area contributed by atoms with Gasteiger partial charge in [0.25, 0.3) is 0 Å². The van der Waals surface area contributed by atoms with E-state index in [1.54, 1.807) is 25.7 Å². The minimum absolute atomic E-state index is 0.888. The fourth-order valence-electron chi connectivity index (χ4n) is 2.63. The van der Waals surface area contributed by atoms with Crippen molar-refractivity contribution < 1.29 is 0 Å². The largest absolute Gasteiger partial charge is 0.0625 e. The minimum atomic E-state index is 0.888. The Labute approximate surface area is 57.6 Å². The smallest absolute Gasteiger partial charge is 0.0295 e. The van der Waals surface area contributed by atoms with Crippen LogP contribution in [0.4, 0.5) is 0 Å². The zero-order chi connectivity index (χ0) is 6.32. The van der Waals surface area contributed by atoms with Crippen LogP contribution in [0.2, 0.25) is 0 Å². The van der Waals surface area contributed by atoms with Crippen LogP contribution in [-0.4, -0.2) is 0 Å². The Morgan fingerprint density at radius 1 is 1.22 bits per heavy atom. The van der Waals surface area contributed by atoms with Crippen molar-refractivity contribution >= 4 is 0 Å². The third kappa shape index (κ3) is 0.798. The molecule has 0 saturated heterocycles. The first-order valence-electron chi connectivity index (χ1n) is 4.31. The predicted octanol–water partition coefficient (Wildman–Crippen LogP) is 2.98. The first-order valence-corrected chi connectivity index (χ1v) is 4.31. The Bertz CT molecular complexity index is 111. The molecule has 1 spiro atoms. The van der Waals surface area contributed by atoms with Gasteiger partial charge in [0.05, 0.1) is 0 Å². The predicted molar refractivity (Wildman–Crippen MR) is 39.3 cm³/mol. The van der Waals surface area contributed by atoms with Crippen LogP contribution in [-0.2, 0) is 0 Å². The van der Waals surface area contributed by atoms with Gasteiger partial charge < -0.3 is 0 Å². The average molecular weight is 124 g/mol. The molecule has 0 N–H and O–H groups in total. The fraction of sp³-hybridized carbons (Fsp3) is 1.00. The molecule has 0 amide bonds. The quantitative estimate of drug-likeness (QED) is 0.465. The topological polar surface area (TPSA) is 0 Å². The van der Waals surface area contributed by atoms with E-state index in [-0.39, 0.29) is 0 Å². The van der Waals surface area contributed by atoms with Crippen LogP contribution in [0.5, 0.6) is 0 Å². The van der Waals surface area contributed by atoms with Crippen molar-refractivity contribution in [1.82, 2.24) is 0 Å². The first-order chi connectivity index (χ1) is 4.31. The summed E-state index contributed by atoms with van der Waals surface area (Å²) in [5.41, 5.74) is 0.888. The Morgan fingerprint density at radius 3 is 2.22 bits per heavy atom. The van der Waals surface area contributed by atoms with Gasteiger partial charge in [-0.15, -0.1) is 0 Å². The maximum Gasteiger partial charge on any atom is -0.0295 e. The number of rotatable bonds is 0. The van der Waals surface area contributed by atoms with Crippen molar-refractivity contribution in [1.29, 1.82) is 0 Å². The summed E-state index contributed by atoms with van der Waals surface area (Å²) in [6.45, 7) is 2.41. The SMILES string of the molecule is C[C@@H]1CCC2(CCC2)C1. The maximum absolute atomic E-state index is 2.41. The highest BCUT2D eigenvalue weighted by Crippen LogP contribution is 2.54. The lowest BCUT2D eigenvalue weighted by molar-refractivity contribution is 0.138. The highest BCUT2D eigenvalue weighted by molar-refractivity contribution is 4.93. The van der Waals surface area contributed by atoms with Crippen molar-refractivity contribution in [2.75, 3.05) is 0 Å². The van der Waals surface area contributed by atoms with Gasteiger partial charge in [-0.05, 0) is 37.0 Å². The Balaban J connectivity index is 1.99. The normalized spacial score (nSPS) is 39.0. The minimum Gasteiger partial charge on any atom is -0.0625 e. The molecule has 0 unspecified atom stereocenters. The Hall–Kier alpha value is 0. The maximum atomic E-state index is 2.41. The van der Waals surface area contributed by atoms with E-state index >= 15 is 0 Å². The molecule has 2 fully saturated rings. The van der Waals surface area contributed by atoms with Crippen molar-refractivity contribution in [3.05, 3.63) is 0 Å². The van der Waals surface area contributed by atoms with Crippen LogP contribution < -0.4 is 0 Å². The third-order valence-corrected chi connectivity index (χ3v) is 3.36. The molecule has 1 atom stereocenters. The first kappa shape index (κ1) is 5.76. The molecular formula is C9H16. The highest BCUT2D eigenvalue weighted by Gasteiger charge is 2.41. The average Bonchev–Trinajstić information content (AvgIpc) is 2.09. The van der Waals surface area contributed by atoms with Gasteiger partial charge in [0.2, 0.25) is 0 Å². The molecular weight excluding hydrogens is 108 g/mol. The van der Waals surface area contributed by atoms with Crippen molar-refractivity contribution in [2.24, 2.45) is 11.3 Å². The fourth-order valence-corrected chi connectivity index (χ4v) is 2.63. The number of hydrogen-bond donors (Lipinski definition) is 0. The molecule has 0 aromatic rings. The highest BCUT2D eigenvalue weighted by atomic mass is 14.5. The lowest BCUT2D eigenvalue weighted by Crippen LogP contribution is -2.25. The lowest BCUT2D eigenvalue weighted by Gasteiger charge is -2.38. The van der Waals surface area contributed by atoms with Gasteiger partial charge in [-0.25, -0.2) is 0 Å². The van der Waals surface area contributed by atoms with Crippen LogP contribution in [0.3, 0.4) is 0 Å². The summed E-state index contributed by atoms with van der Waals surface area (Å²) in [4.78, 5) is 0. The van der Waals surface area contributed by atoms with Gasteiger partial charge in [-0.1, -0.05) is 19.8 Å². The zero-order valence-electron chi connectivity index (χ0n) is 6.32. The summed E-state index contributed by atoms with van der Waals surface area (Å²) in [5, 5.41) is 0. The van der Waals surface area contributed by atoms with Gasteiger partial charge in [0.1, 0.15) is 0 Å². The zero-order valence-corrected chi connectivity index (χ0v) is 6.32. The Kier molecular flexibility index (Phi) is 1.12. The molecule has 2 aliphatic rings. The molecule has 2 rings (SSSR count). The second-order valence-corrected chi connectivity index (χ2v) is 4.20. The van der Waals surface area contributed by atoms with Gasteiger partial charge in [0.15, 0.2) is 0 Å². The van der Waals surface area contributed by atoms with Crippen LogP contribution in [0.15, 0.2) is 0 Å². The summed E-state index contributed by atoms with van der Waals surface area (Å²) in [6, 6.07) is 0. The van der Waals surface area contributed by atoms with E-state index in [1.807, 2.05) is 0 Å². The van der Waals surface area contributed by atoms with Gasteiger partial charge in [-0.3, -0.25) is 0 Å². The van der Waals surface area contributed by atoms with Crippen LogP contribution in [0, 0.1) is 11.3 Å². The summed E-state index contributed by atoms with van der Waals surface area (Å²) in [6.07, 6.45) is 9.24. The molecule has 0 aromatic carbocycles. The van der Waals surface area contributed by atoms with E-state index in [2.05, 4.69) is 6.92 Å². The van der Waals surface area contributed by atoms with E-state index in [4.69, 9.17) is 0 Å². The van der Waals surface area contributed by atoms with Crippen molar-refractivity contribution in [2.45, 2.75) is 45.4 Å². The standard InChI is InChI=1S/C9H16/c1-8-3-6-9(7-8)4-2-5-9/h8H,2-7H2,1H3/t8-/m1/s1. The van der Waals surface area contributed by atoms with Crippen molar-refractivity contribution in [3.8, 4) is 0 Å². The lowest BCUT2D eigenvalue weighted by atomic mass is 9.67. The summed E-state index contributed by atoms with van der Waals surface area (Å²) >= 11 is 0. The second-order valence-electron chi connectivity index (χ2n) is 4.20. The summed E-state index contributed by atoms with van der Waals surface area (Å²) in [7, 11) is 0. The molecule has 2 aliphatic carbocycles. The van der Waals surface area contributed by atoms with Gasteiger partial charge in [-0.2, -0.15) is 0 Å². The molecule has 0 radical (unpaired) electrons. The molecule has 0 aromatic heterocycles. The molecule has 0 heteroatoms. The second kappa shape index (κ2) is 1.74. The van der Waals surface area contributed by atoms with Gasteiger partial charge >= 0.3 is 0 Å². The number of hydrogen-bond acceptors (Lipinski definition) is 0.